The van der Waals surface area contributed by atoms with Crippen molar-refractivity contribution < 1.29 is 19.1 Å². The molecule has 2 N–H and O–H groups in total. The van der Waals surface area contributed by atoms with Crippen LogP contribution < -0.4 is 5.32 Å². The van der Waals surface area contributed by atoms with Crippen molar-refractivity contribution in [2.45, 2.75) is 26.4 Å². The van der Waals surface area contributed by atoms with Gasteiger partial charge in [0.1, 0.15) is 5.76 Å². The Bertz CT molecular complexity index is 466. The van der Waals surface area contributed by atoms with Gasteiger partial charge in [-0.2, -0.15) is 0 Å². The zero-order valence-electron chi connectivity index (χ0n) is 12.7. The van der Waals surface area contributed by atoms with Crippen LogP contribution in [-0.4, -0.2) is 61.4 Å². The smallest absolute Gasteiger partial charge is 0.287 e. The van der Waals surface area contributed by atoms with E-state index in [1.807, 2.05) is 13.8 Å². The molecule has 0 spiro atoms. The lowest BCUT2D eigenvalue weighted by atomic mass is 10.2. The number of furan rings is 1. The third-order valence-corrected chi connectivity index (χ3v) is 3.64. The van der Waals surface area contributed by atoms with Crippen LogP contribution in [0, 0.1) is 6.92 Å². The van der Waals surface area contributed by atoms with Crippen molar-refractivity contribution in [1.29, 1.82) is 0 Å². The molecule has 1 atom stereocenters. The molecule has 1 aliphatic heterocycles. The van der Waals surface area contributed by atoms with Gasteiger partial charge in [0.05, 0.1) is 19.3 Å². The second kappa shape index (κ2) is 7.59. The lowest BCUT2D eigenvalue weighted by Gasteiger charge is -2.28. The number of rotatable bonds is 6. The maximum absolute atomic E-state index is 12.0. The Labute approximate surface area is 125 Å². The van der Waals surface area contributed by atoms with E-state index in [-0.39, 0.29) is 12.5 Å². The average Bonchev–Trinajstić information content (AvgIpc) is 2.87. The number of morpholine rings is 1. The molecule has 1 aliphatic rings. The molecule has 2 rings (SSSR count). The number of amides is 1. The number of β-amino-alcohol motifs (C(OH)–C–C–N with tert-alkyl or cyclic N) is 1. The van der Waals surface area contributed by atoms with Crippen LogP contribution in [0.15, 0.2) is 10.5 Å². The summed E-state index contributed by atoms with van der Waals surface area (Å²) in [5, 5.41) is 12.7. The molecule has 118 valence electrons. The number of aryl methyl sites for hydroxylation is 2. The zero-order chi connectivity index (χ0) is 15.2. The molecule has 0 saturated carbocycles. The Hall–Kier alpha value is -1.37. The third kappa shape index (κ3) is 4.56. The minimum atomic E-state index is -0.589. The summed E-state index contributed by atoms with van der Waals surface area (Å²) in [6, 6.07) is 1.74. The van der Waals surface area contributed by atoms with Crippen LogP contribution in [0.4, 0.5) is 0 Å². The van der Waals surface area contributed by atoms with Crippen molar-refractivity contribution in [3.63, 3.8) is 0 Å². The fourth-order valence-corrected chi connectivity index (χ4v) is 2.43. The highest BCUT2D eigenvalue weighted by atomic mass is 16.5. The fraction of sp³-hybridized carbons (Fsp3) is 0.667. The molecular weight excluding hydrogens is 272 g/mol. The zero-order valence-corrected chi connectivity index (χ0v) is 12.7. The summed E-state index contributed by atoms with van der Waals surface area (Å²) in [6.07, 6.45) is 0.174. The Morgan fingerprint density at radius 3 is 2.81 bits per heavy atom. The van der Waals surface area contributed by atoms with Crippen molar-refractivity contribution >= 4 is 5.91 Å². The first kappa shape index (κ1) is 16.0. The monoisotopic (exact) mass is 296 g/mol. The van der Waals surface area contributed by atoms with E-state index in [1.54, 1.807) is 6.07 Å². The summed E-state index contributed by atoms with van der Waals surface area (Å²) < 4.78 is 10.7. The molecule has 21 heavy (non-hydrogen) atoms. The van der Waals surface area contributed by atoms with Gasteiger partial charge in [0.2, 0.25) is 0 Å². The minimum Gasteiger partial charge on any atom is -0.456 e. The molecule has 1 aromatic heterocycles. The Kier molecular flexibility index (Phi) is 5.78. The van der Waals surface area contributed by atoms with E-state index in [2.05, 4.69) is 10.2 Å². The quantitative estimate of drug-likeness (QED) is 0.803. The standard InChI is InChI=1S/C15H24N2O4/c1-3-13-11(2)8-14(21-13)15(19)16-9-12(18)10-17-4-6-20-7-5-17/h8,12,18H,3-7,9-10H2,1-2H3,(H,16,19). The molecule has 0 aromatic carbocycles. The maximum Gasteiger partial charge on any atom is 0.287 e. The largest absolute Gasteiger partial charge is 0.456 e. The average molecular weight is 296 g/mol. The first-order valence-electron chi connectivity index (χ1n) is 7.45. The topological polar surface area (TPSA) is 74.9 Å². The maximum atomic E-state index is 12.0. The predicted octanol–water partition coefficient (Wildman–Crippen LogP) is 0.573. The van der Waals surface area contributed by atoms with Crippen LogP contribution in [-0.2, 0) is 11.2 Å². The van der Waals surface area contributed by atoms with Gasteiger partial charge in [-0.05, 0) is 18.6 Å². The van der Waals surface area contributed by atoms with E-state index in [1.165, 1.54) is 0 Å². The van der Waals surface area contributed by atoms with E-state index in [4.69, 9.17) is 9.15 Å². The van der Waals surface area contributed by atoms with E-state index in [0.717, 1.165) is 30.8 Å². The molecule has 0 bridgehead atoms. The summed E-state index contributed by atoms with van der Waals surface area (Å²) in [4.78, 5) is 14.1. The molecule has 1 unspecified atom stereocenters. The normalized spacial score (nSPS) is 17.7. The van der Waals surface area contributed by atoms with Crippen molar-refractivity contribution in [3.8, 4) is 0 Å². The SMILES string of the molecule is CCc1oc(C(=O)NCC(O)CN2CCOCC2)cc1C. The Balaban J connectivity index is 1.77. The van der Waals surface area contributed by atoms with Gasteiger partial charge in [-0.25, -0.2) is 0 Å². The van der Waals surface area contributed by atoms with Crippen molar-refractivity contribution in [2.24, 2.45) is 0 Å². The molecular formula is C15H24N2O4. The fourth-order valence-electron chi connectivity index (χ4n) is 2.43. The van der Waals surface area contributed by atoms with E-state index < -0.39 is 6.10 Å². The van der Waals surface area contributed by atoms with Crippen LogP contribution in [0.3, 0.4) is 0 Å². The number of carbonyl (C=O) groups is 1. The number of hydrogen-bond acceptors (Lipinski definition) is 5. The lowest BCUT2D eigenvalue weighted by Crippen LogP contribution is -2.44. The molecule has 1 fully saturated rings. The molecule has 1 aromatic rings. The van der Waals surface area contributed by atoms with Crippen molar-refractivity contribution in [1.82, 2.24) is 10.2 Å². The number of nitrogens with zero attached hydrogens (tertiary/aromatic N) is 1. The highest BCUT2D eigenvalue weighted by molar-refractivity contribution is 5.91. The molecule has 0 radical (unpaired) electrons. The van der Waals surface area contributed by atoms with Crippen LogP contribution in [0.2, 0.25) is 0 Å². The molecule has 2 heterocycles. The van der Waals surface area contributed by atoms with Gasteiger partial charge in [-0.15, -0.1) is 0 Å². The minimum absolute atomic E-state index is 0.220. The second-order valence-electron chi connectivity index (χ2n) is 5.35. The summed E-state index contributed by atoms with van der Waals surface area (Å²) in [5.74, 6) is 0.857. The first-order valence-corrected chi connectivity index (χ1v) is 7.45. The van der Waals surface area contributed by atoms with Crippen LogP contribution in [0.5, 0.6) is 0 Å². The summed E-state index contributed by atoms with van der Waals surface area (Å²) in [5.41, 5.74) is 0.983. The summed E-state index contributed by atoms with van der Waals surface area (Å²) in [7, 11) is 0. The van der Waals surface area contributed by atoms with E-state index in [9.17, 15) is 9.90 Å². The Morgan fingerprint density at radius 2 is 2.19 bits per heavy atom. The number of aliphatic hydroxyl groups is 1. The molecule has 1 saturated heterocycles. The number of nitrogens with one attached hydrogen (secondary N) is 1. The number of hydrogen-bond donors (Lipinski definition) is 2. The first-order chi connectivity index (χ1) is 10.1. The molecule has 0 aliphatic carbocycles. The van der Waals surface area contributed by atoms with Gasteiger partial charge in [0, 0.05) is 32.6 Å². The highest BCUT2D eigenvalue weighted by Crippen LogP contribution is 2.14. The number of carbonyl (C=O) groups excluding carboxylic acids is 1. The lowest BCUT2D eigenvalue weighted by molar-refractivity contribution is 0.0148. The summed E-state index contributed by atoms with van der Waals surface area (Å²) >= 11 is 0. The van der Waals surface area contributed by atoms with Crippen LogP contribution in [0.1, 0.15) is 28.8 Å². The van der Waals surface area contributed by atoms with Crippen molar-refractivity contribution in [3.05, 3.63) is 23.2 Å². The number of ether oxygens (including phenoxy) is 1. The van der Waals surface area contributed by atoms with Gasteiger partial charge in [-0.3, -0.25) is 9.69 Å². The van der Waals surface area contributed by atoms with Gasteiger partial charge >= 0.3 is 0 Å². The van der Waals surface area contributed by atoms with Gasteiger partial charge in [-0.1, -0.05) is 6.92 Å². The summed E-state index contributed by atoms with van der Waals surface area (Å²) in [6.45, 7) is 7.71. The highest BCUT2D eigenvalue weighted by Gasteiger charge is 2.17. The number of aliphatic hydroxyl groups excluding tert-OH is 1. The predicted molar refractivity (Wildman–Crippen MR) is 78.4 cm³/mol. The van der Waals surface area contributed by atoms with E-state index in [0.29, 0.717) is 25.5 Å². The van der Waals surface area contributed by atoms with Crippen LogP contribution in [0.25, 0.3) is 0 Å². The Morgan fingerprint density at radius 1 is 1.48 bits per heavy atom. The molecule has 6 heteroatoms. The van der Waals surface area contributed by atoms with E-state index >= 15 is 0 Å². The van der Waals surface area contributed by atoms with Gasteiger partial charge in [0.15, 0.2) is 5.76 Å². The van der Waals surface area contributed by atoms with Gasteiger partial charge in [0.25, 0.3) is 5.91 Å². The van der Waals surface area contributed by atoms with Crippen LogP contribution >= 0.6 is 0 Å². The van der Waals surface area contributed by atoms with Gasteiger partial charge < -0.3 is 19.6 Å². The molecule has 1 amide bonds. The second-order valence-corrected chi connectivity index (χ2v) is 5.35. The van der Waals surface area contributed by atoms with Crippen molar-refractivity contribution in [2.75, 3.05) is 39.4 Å². The third-order valence-electron chi connectivity index (χ3n) is 3.64. The molecule has 6 nitrogen and oxygen atoms in total.